The highest BCUT2D eigenvalue weighted by atomic mass is 35.5. The van der Waals surface area contributed by atoms with Crippen molar-refractivity contribution in [3.63, 3.8) is 0 Å². The summed E-state index contributed by atoms with van der Waals surface area (Å²) < 4.78 is 1.10. The summed E-state index contributed by atoms with van der Waals surface area (Å²) in [6.45, 7) is 5.80. The van der Waals surface area contributed by atoms with Crippen LogP contribution >= 0.6 is 0 Å². The summed E-state index contributed by atoms with van der Waals surface area (Å²) in [5.74, 6) is 0. The molecule has 0 N–H and O–H groups in total. The van der Waals surface area contributed by atoms with Crippen LogP contribution < -0.4 is 12.4 Å². The van der Waals surface area contributed by atoms with Crippen LogP contribution in [0.5, 0.6) is 0 Å². The maximum Gasteiger partial charge on any atom is 0.114 e. The SMILES string of the molecule is CCCCCCCCCCCCCC(c1ccccc1)[N+](C)(C)CC.[Cl-]. The minimum atomic E-state index is 0. The van der Waals surface area contributed by atoms with Gasteiger partial charge in [-0.3, -0.25) is 0 Å². The molecule has 0 radical (unpaired) electrons. The van der Waals surface area contributed by atoms with Crippen molar-refractivity contribution in [3.8, 4) is 0 Å². The molecule has 1 rings (SSSR count). The van der Waals surface area contributed by atoms with Gasteiger partial charge >= 0.3 is 0 Å². The van der Waals surface area contributed by atoms with E-state index in [2.05, 4.69) is 58.3 Å². The first-order valence-corrected chi connectivity index (χ1v) is 11.0. The fourth-order valence-corrected chi connectivity index (χ4v) is 3.82. The Labute approximate surface area is 170 Å². The Hall–Kier alpha value is -0.530. The molecule has 0 saturated carbocycles. The van der Waals surface area contributed by atoms with E-state index in [9.17, 15) is 0 Å². The molecule has 0 aliphatic carbocycles. The van der Waals surface area contributed by atoms with Gasteiger partial charge in [0, 0.05) is 12.0 Å². The third-order valence-electron chi connectivity index (χ3n) is 5.92. The number of quaternary nitrogens is 1. The van der Waals surface area contributed by atoms with E-state index in [0.717, 1.165) is 4.48 Å². The van der Waals surface area contributed by atoms with Crippen molar-refractivity contribution in [3.05, 3.63) is 35.9 Å². The molecule has 0 bridgehead atoms. The van der Waals surface area contributed by atoms with Gasteiger partial charge in [0.15, 0.2) is 0 Å². The second-order valence-corrected chi connectivity index (χ2v) is 8.35. The Morgan fingerprint density at radius 1 is 0.692 bits per heavy atom. The van der Waals surface area contributed by atoms with Crippen LogP contribution in [0.15, 0.2) is 30.3 Å². The molecule has 152 valence electrons. The average molecular weight is 382 g/mol. The van der Waals surface area contributed by atoms with E-state index in [1.165, 1.54) is 89.2 Å². The predicted octanol–water partition coefficient (Wildman–Crippen LogP) is 4.53. The number of rotatable bonds is 15. The highest BCUT2D eigenvalue weighted by Crippen LogP contribution is 2.30. The van der Waals surface area contributed by atoms with Crippen LogP contribution in [0.1, 0.15) is 103 Å². The lowest BCUT2D eigenvalue weighted by Gasteiger charge is -2.37. The van der Waals surface area contributed by atoms with Crippen molar-refractivity contribution in [1.82, 2.24) is 0 Å². The second-order valence-electron chi connectivity index (χ2n) is 8.35. The zero-order valence-corrected chi connectivity index (χ0v) is 18.7. The lowest BCUT2D eigenvalue weighted by Crippen LogP contribution is -3.00. The number of hydrogen-bond donors (Lipinski definition) is 0. The molecule has 0 amide bonds. The normalized spacial score (nSPS) is 12.6. The summed E-state index contributed by atoms with van der Waals surface area (Å²) in [6, 6.07) is 11.8. The minimum absolute atomic E-state index is 0. The number of hydrogen-bond acceptors (Lipinski definition) is 0. The first-order chi connectivity index (χ1) is 12.1. The maximum atomic E-state index is 2.39. The Morgan fingerprint density at radius 2 is 1.15 bits per heavy atom. The van der Waals surface area contributed by atoms with Crippen molar-refractivity contribution in [2.75, 3.05) is 20.6 Å². The molecule has 1 atom stereocenters. The Balaban J connectivity index is 0.00000625. The van der Waals surface area contributed by atoms with Crippen LogP contribution in [-0.4, -0.2) is 25.1 Å². The number of unbranched alkanes of at least 4 members (excludes halogenated alkanes) is 10. The van der Waals surface area contributed by atoms with E-state index in [1.807, 2.05) is 0 Å². The summed E-state index contributed by atoms with van der Waals surface area (Å²) in [5, 5.41) is 0. The summed E-state index contributed by atoms with van der Waals surface area (Å²) in [6.07, 6.45) is 17.0. The molecule has 26 heavy (non-hydrogen) atoms. The minimum Gasteiger partial charge on any atom is -1.00 e. The number of benzene rings is 1. The molecule has 1 nitrogen and oxygen atoms in total. The van der Waals surface area contributed by atoms with Crippen LogP contribution in [0.4, 0.5) is 0 Å². The molecular weight excluding hydrogens is 338 g/mol. The molecule has 0 spiro atoms. The number of nitrogens with zero attached hydrogens (tertiary/aromatic N) is 1. The van der Waals surface area contributed by atoms with Crippen LogP contribution in [0.3, 0.4) is 0 Å². The monoisotopic (exact) mass is 381 g/mol. The van der Waals surface area contributed by atoms with Crippen LogP contribution in [0, 0.1) is 0 Å². The van der Waals surface area contributed by atoms with Gasteiger partial charge in [0.1, 0.15) is 6.04 Å². The summed E-state index contributed by atoms with van der Waals surface area (Å²) in [7, 11) is 4.77. The maximum absolute atomic E-state index is 2.39. The Kier molecular flexibility index (Phi) is 15.2. The fraction of sp³-hybridized carbons (Fsp3) is 0.750. The lowest BCUT2D eigenvalue weighted by atomic mass is 9.96. The molecule has 1 unspecified atom stereocenters. The van der Waals surface area contributed by atoms with Gasteiger partial charge in [-0.1, -0.05) is 101 Å². The molecule has 0 fully saturated rings. The predicted molar refractivity (Wildman–Crippen MR) is 113 cm³/mol. The van der Waals surface area contributed by atoms with Crippen LogP contribution in [0.2, 0.25) is 0 Å². The third kappa shape index (κ3) is 10.6. The average Bonchev–Trinajstić information content (AvgIpc) is 2.63. The zero-order chi connectivity index (χ0) is 18.4. The smallest absolute Gasteiger partial charge is 0.114 e. The molecule has 0 saturated heterocycles. The zero-order valence-electron chi connectivity index (χ0n) is 18.0. The van der Waals surface area contributed by atoms with E-state index >= 15 is 0 Å². The van der Waals surface area contributed by atoms with E-state index < -0.39 is 0 Å². The standard InChI is InChI=1S/C24H44N.ClH/c1-5-7-8-9-10-11-12-13-14-15-19-22-24(25(3,4)6-2)23-20-17-16-18-21-23;/h16-18,20-21,24H,5-15,19,22H2,1-4H3;1H/q+1;/p-1. The van der Waals surface area contributed by atoms with Crippen molar-refractivity contribution >= 4 is 0 Å². The van der Waals surface area contributed by atoms with Gasteiger partial charge in [0.25, 0.3) is 0 Å². The van der Waals surface area contributed by atoms with Gasteiger partial charge < -0.3 is 16.9 Å². The molecule has 0 aliphatic rings. The van der Waals surface area contributed by atoms with Crippen LogP contribution in [-0.2, 0) is 0 Å². The molecule has 1 aromatic carbocycles. The Bertz CT molecular complexity index is 415. The van der Waals surface area contributed by atoms with Gasteiger partial charge in [0.05, 0.1) is 20.6 Å². The third-order valence-corrected chi connectivity index (χ3v) is 5.92. The van der Waals surface area contributed by atoms with E-state index in [0.29, 0.717) is 6.04 Å². The quantitative estimate of drug-likeness (QED) is 0.309. The topological polar surface area (TPSA) is 0 Å². The summed E-state index contributed by atoms with van der Waals surface area (Å²) in [4.78, 5) is 0. The van der Waals surface area contributed by atoms with Gasteiger partial charge in [-0.15, -0.1) is 0 Å². The summed E-state index contributed by atoms with van der Waals surface area (Å²) >= 11 is 0. The first kappa shape index (κ1) is 25.5. The van der Waals surface area contributed by atoms with Crippen molar-refractivity contribution in [1.29, 1.82) is 0 Å². The molecule has 0 aliphatic heterocycles. The number of halogens is 1. The Morgan fingerprint density at radius 3 is 1.62 bits per heavy atom. The van der Waals surface area contributed by atoms with Gasteiger partial charge in [-0.05, 0) is 13.3 Å². The van der Waals surface area contributed by atoms with E-state index in [-0.39, 0.29) is 12.4 Å². The highest BCUT2D eigenvalue weighted by Gasteiger charge is 2.27. The molecule has 0 heterocycles. The van der Waals surface area contributed by atoms with Crippen molar-refractivity contribution in [2.24, 2.45) is 0 Å². The molecular formula is C24H44ClN. The van der Waals surface area contributed by atoms with E-state index in [4.69, 9.17) is 0 Å². The fourth-order valence-electron chi connectivity index (χ4n) is 3.82. The van der Waals surface area contributed by atoms with Gasteiger partial charge in [-0.25, -0.2) is 0 Å². The molecule has 0 aromatic heterocycles. The first-order valence-electron chi connectivity index (χ1n) is 11.0. The van der Waals surface area contributed by atoms with Gasteiger partial charge in [-0.2, -0.15) is 0 Å². The lowest BCUT2D eigenvalue weighted by molar-refractivity contribution is -0.920. The molecule has 1 aromatic rings. The van der Waals surface area contributed by atoms with Gasteiger partial charge in [0.2, 0.25) is 0 Å². The second kappa shape index (κ2) is 15.5. The van der Waals surface area contributed by atoms with Crippen molar-refractivity contribution < 1.29 is 16.9 Å². The largest absolute Gasteiger partial charge is 1.00 e. The highest BCUT2D eigenvalue weighted by molar-refractivity contribution is 5.17. The van der Waals surface area contributed by atoms with Crippen molar-refractivity contribution in [2.45, 2.75) is 96.9 Å². The van der Waals surface area contributed by atoms with Crippen LogP contribution in [0.25, 0.3) is 0 Å². The summed E-state index contributed by atoms with van der Waals surface area (Å²) in [5.41, 5.74) is 1.52. The van der Waals surface area contributed by atoms with E-state index in [1.54, 1.807) is 0 Å². The molecule has 2 heteroatoms.